The molecule has 3 aromatic carbocycles. The molecule has 1 unspecified atom stereocenters. The van der Waals surface area contributed by atoms with Crippen molar-refractivity contribution in [2.24, 2.45) is 0 Å². The molecule has 2 amide bonds. The predicted molar refractivity (Wildman–Crippen MR) is 176 cm³/mol. The predicted octanol–water partition coefficient (Wildman–Crippen LogP) is 7.52. The van der Waals surface area contributed by atoms with Gasteiger partial charge in [0.1, 0.15) is 12.6 Å². The number of anilines is 1. The maximum atomic E-state index is 14.3. The highest BCUT2D eigenvalue weighted by molar-refractivity contribution is 9.10. The zero-order valence-corrected chi connectivity index (χ0v) is 28.1. The Morgan fingerprint density at radius 1 is 0.977 bits per heavy atom. The second-order valence-corrected chi connectivity index (χ2v) is 14.4. The van der Waals surface area contributed by atoms with Crippen molar-refractivity contribution in [3.63, 3.8) is 0 Å². The molecule has 11 heteroatoms. The molecule has 0 aromatic heterocycles. The number of nitrogens with zero attached hydrogens (tertiary/aromatic N) is 2. The largest absolute Gasteiger partial charge is 0.352 e. The van der Waals surface area contributed by atoms with Gasteiger partial charge in [-0.05, 0) is 68.7 Å². The van der Waals surface area contributed by atoms with Crippen LogP contribution < -0.4 is 9.62 Å². The topological polar surface area (TPSA) is 86.8 Å². The molecule has 1 N–H and O–H groups in total. The van der Waals surface area contributed by atoms with E-state index in [0.29, 0.717) is 32.2 Å². The number of amides is 2. The number of hydrogen-bond acceptors (Lipinski definition) is 4. The van der Waals surface area contributed by atoms with Crippen molar-refractivity contribution in [2.75, 3.05) is 10.8 Å². The van der Waals surface area contributed by atoms with Gasteiger partial charge < -0.3 is 10.2 Å². The first-order chi connectivity index (χ1) is 20.5. The lowest BCUT2D eigenvalue weighted by Gasteiger charge is -2.34. The van der Waals surface area contributed by atoms with Crippen LogP contribution in [0.5, 0.6) is 0 Å². The molecule has 1 aliphatic carbocycles. The van der Waals surface area contributed by atoms with Crippen LogP contribution in [0.2, 0.25) is 10.0 Å². The van der Waals surface area contributed by atoms with Crippen molar-refractivity contribution in [3.05, 3.63) is 92.4 Å². The zero-order chi connectivity index (χ0) is 31.1. The summed E-state index contributed by atoms with van der Waals surface area (Å²) < 4.78 is 29.8. The molecule has 1 fully saturated rings. The van der Waals surface area contributed by atoms with E-state index in [1.54, 1.807) is 54.6 Å². The molecule has 1 aliphatic rings. The second kappa shape index (κ2) is 14.9. The Morgan fingerprint density at radius 3 is 2.21 bits per heavy atom. The molecule has 230 valence electrons. The minimum Gasteiger partial charge on any atom is -0.352 e. The zero-order valence-electron chi connectivity index (χ0n) is 24.2. The van der Waals surface area contributed by atoms with Gasteiger partial charge in [0.05, 0.1) is 10.6 Å². The Hall–Kier alpha value is -2.59. The number of carbonyl (C=O) groups excluding carboxylic acids is 2. The molecule has 0 bridgehead atoms. The Kier molecular flexibility index (Phi) is 11.6. The van der Waals surface area contributed by atoms with Crippen molar-refractivity contribution >= 4 is 66.7 Å². The van der Waals surface area contributed by atoms with Gasteiger partial charge in [-0.1, -0.05) is 95.1 Å². The monoisotopic (exact) mass is 707 g/mol. The average Bonchev–Trinajstić information content (AvgIpc) is 2.97. The highest BCUT2D eigenvalue weighted by Crippen LogP contribution is 2.30. The molecule has 0 radical (unpaired) electrons. The molecular formula is C32H36BrCl2N3O4S. The van der Waals surface area contributed by atoms with E-state index in [1.165, 1.54) is 17.0 Å². The number of benzene rings is 3. The fourth-order valence-electron chi connectivity index (χ4n) is 5.31. The van der Waals surface area contributed by atoms with E-state index in [2.05, 4.69) is 21.2 Å². The number of hydrogen-bond donors (Lipinski definition) is 1. The van der Waals surface area contributed by atoms with Crippen LogP contribution in [0.4, 0.5) is 5.69 Å². The van der Waals surface area contributed by atoms with E-state index in [9.17, 15) is 18.0 Å². The number of aryl methyl sites for hydroxylation is 1. The van der Waals surface area contributed by atoms with Crippen LogP contribution in [-0.4, -0.2) is 43.8 Å². The van der Waals surface area contributed by atoms with Crippen LogP contribution in [0.15, 0.2) is 76.1 Å². The van der Waals surface area contributed by atoms with Gasteiger partial charge in [-0.15, -0.1) is 0 Å². The van der Waals surface area contributed by atoms with Gasteiger partial charge in [0.2, 0.25) is 11.8 Å². The molecule has 0 spiro atoms. The van der Waals surface area contributed by atoms with Crippen LogP contribution >= 0.6 is 39.1 Å². The summed E-state index contributed by atoms with van der Waals surface area (Å²) in [6.07, 6.45) is 5.31. The third-order valence-electron chi connectivity index (χ3n) is 7.71. The van der Waals surface area contributed by atoms with Gasteiger partial charge >= 0.3 is 0 Å². The number of sulfonamides is 1. The minimum absolute atomic E-state index is 0.0382. The molecule has 0 aliphatic heterocycles. The van der Waals surface area contributed by atoms with Crippen LogP contribution in [0.1, 0.15) is 56.6 Å². The Morgan fingerprint density at radius 2 is 1.60 bits per heavy atom. The fourth-order valence-corrected chi connectivity index (χ4v) is 7.63. The quantitative estimate of drug-likeness (QED) is 0.223. The van der Waals surface area contributed by atoms with E-state index >= 15 is 0 Å². The first-order valence-electron chi connectivity index (χ1n) is 14.4. The van der Waals surface area contributed by atoms with E-state index in [4.69, 9.17) is 23.2 Å². The standard InChI is InChI=1S/C32H36BrCl2N3O4S/c1-3-30(32(40)36-24-10-5-4-6-11-24)37(20-27-28(34)13-8-14-29(27)35)31(39)21-38(25-12-7-9-23(33)19-25)43(41,42)26-17-15-22(2)16-18-26/h7-9,12-19,24,30H,3-6,10-11,20-21H2,1-2H3,(H,36,40). The Balaban J connectivity index is 1.74. The van der Waals surface area contributed by atoms with Crippen molar-refractivity contribution in [3.8, 4) is 0 Å². The summed E-state index contributed by atoms with van der Waals surface area (Å²) in [5, 5.41) is 3.84. The van der Waals surface area contributed by atoms with E-state index < -0.39 is 28.5 Å². The van der Waals surface area contributed by atoms with Crippen molar-refractivity contribution < 1.29 is 18.0 Å². The Bertz CT molecular complexity index is 1530. The first-order valence-corrected chi connectivity index (χ1v) is 17.4. The van der Waals surface area contributed by atoms with Crippen LogP contribution in [0.25, 0.3) is 0 Å². The Labute approximate surface area is 272 Å². The summed E-state index contributed by atoms with van der Waals surface area (Å²) in [6.45, 7) is 3.09. The molecule has 3 aromatic rings. The first kappa shape index (κ1) is 33.3. The van der Waals surface area contributed by atoms with E-state index in [-0.39, 0.29) is 23.4 Å². The molecule has 4 rings (SSSR count). The molecule has 1 atom stereocenters. The molecule has 0 heterocycles. The average molecular weight is 710 g/mol. The molecule has 43 heavy (non-hydrogen) atoms. The third kappa shape index (κ3) is 8.32. The number of carbonyl (C=O) groups is 2. The van der Waals surface area contributed by atoms with E-state index in [0.717, 1.165) is 42.0 Å². The summed E-state index contributed by atoms with van der Waals surface area (Å²) in [7, 11) is -4.17. The summed E-state index contributed by atoms with van der Waals surface area (Å²) in [4.78, 5) is 29.5. The van der Waals surface area contributed by atoms with Crippen LogP contribution in [0.3, 0.4) is 0 Å². The lowest BCUT2D eigenvalue weighted by atomic mass is 9.95. The molecule has 0 saturated heterocycles. The lowest BCUT2D eigenvalue weighted by Crippen LogP contribution is -2.54. The van der Waals surface area contributed by atoms with Gasteiger partial charge in [0, 0.05) is 32.7 Å². The van der Waals surface area contributed by atoms with Crippen LogP contribution in [0, 0.1) is 6.92 Å². The van der Waals surface area contributed by atoms with Crippen LogP contribution in [-0.2, 0) is 26.2 Å². The second-order valence-electron chi connectivity index (χ2n) is 10.8. The van der Waals surface area contributed by atoms with Gasteiger partial charge in [0.15, 0.2) is 0 Å². The normalized spacial score (nSPS) is 14.6. The summed E-state index contributed by atoms with van der Waals surface area (Å²) >= 11 is 16.4. The van der Waals surface area contributed by atoms with Crippen molar-refractivity contribution in [2.45, 2.75) is 75.9 Å². The van der Waals surface area contributed by atoms with Crippen molar-refractivity contribution in [1.82, 2.24) is 10.2 Å². The highest BCUT2D eigenvalue weighted by atomic mass is 79.9. The van der Waals surface area contributed by atoms with Gasteiger partial charge in [0.25, 0.3) is 10.0 Å². The number of halogens is 3. The summed E-state index contributed by atoms with van der Waals surface area (Å²) in [6, 6.07) is 17.4. The van der Waals surface area contributed by atoms with Gasteiger partial charge in [-0.2, -0.15) is 0 Å². The molecular weight excluding hydrogens is 673 g/mol. The fraction of sp³-hybridized carbons (Fsp3) is 0.375. The maximum Gasteiger partial charge on any atom is 0.264 e. The maximum absolute atomic E-state index is 14.3. The molecule has 7 nitrogen and oxygen atoms in total. The lowest BCUT2D eigenvalue weighted by molar-refractivity contribution is -0.140. The summed E-state index contributed by atoms with van der Waals surface area (Å²) in [5.41, 5.74) is 1.69. The third-order valence-corrected chi connectivity index (χ3v) is 10.7. The number of nitrogens with one attached hydrogen (secondary N) is 1. The smallest absolute Gasteiger partial charge is 0.264 e. The van der Waals surface area contributed by atoms with Crippen molar-refractivity contribution in [1.29, 1.82) is 0 Å². The minimum atomic E-state index is -4.17. The summed E-state index contributed by atoms with van der Waals surface area (Å²) in [5.74, 6) is -0.835. The van der Waals surface area contributed by atoms with Gasteiger partial charge in [-0.3, -0.25) is 13.9 Å². The SMILES string of the molecule is CCC(C(=O)NC1CCCCC1)N(Cc1c(Cl)cccc1Cl)C(=O)CN(c1cccc(Br)c1)S(=O)(=O)c1ccc(C)cc1. The molecule has 1 saturated carbocycles. The van der Waals surface area contributed by atoms with Gasteiger partial charge in [-0.25, -0.2) is 8.42 Å². The van der Waals surface area contributed by atoms with E-state index in [1.807, 2.05) is 13.8 Å². The number of rotatable bonds is 11. The highest BCUT2D eigenvalue weighted by Gasteiger charge is 2.35.